The summed E-state index contributed by atoms with van der Waals surface area (Å²) in [7, 11) is 0. The molecule has 0 aliphatic heterocycles. The first-order valence-corrected chi connectivity index (χ1v) is 6.15. The Morgan fingerprint density at radius 1 is 1.37 bits per heavy atom. The number of benzene rings is 1. The lowest BCUT2D eigenvalue weighted by Crippen LogP contribution is -2.19. The first-order valence-electron chi connectivity index (χ1n) is 6.15. The first kappa shape index (κ1) is 13.0. The molecule has 19 heavy (non-hydrogen) atoms. The Hall–Kier alpha value is -2.43. The van der Waals surface area contributed by atoms with Crippen molar-refractivity contribution >= 4 is 11.6 Å². The lowest BCUT2D eigenvalue weighted by molar-refractivity contribution is 0.0949. The van der Waals surface area contributed by atoms with Crippen LogP contribution in [0, 0.1) is 0 Å². The largest absolute Gasteiger partial charge is 0.289 e. The number of rotatable bonds is 4. The quantitative estimate of drug-likeness (QED) is 0.652. The minimum absolute atomic E-state index is 0.289. The van der Waals surface area contributed by atoms with Crippen LogP contribution in [0.4, 0.5) is 0 Å². The second-order valence-corrected chi connectivity index (χ2v) is 4.17. The van der Waals surface area contributed by atoms with Crippen LogP contribution in [0.15, 0.2) is 41.5 Å². The molecule has 0 unspecified atom stereocenters. The zero-order chi connectivity index (χ0) is 13.7. The maximum Gasteiger partial charge on any atom is 0.289 e. The molecule has 0 aliphatic carbocycles. The van der Waals surface area contributed by atoms with Crippen LogP contribution in [0.1, 0.15) is 30.8 Å². The Labute approximate surface area is 111 Å². The number of nitrogens with one attached hydrogen (secondary N) is 2. The fraction of sp³-hybridized carbons (Fsp3) is 0.214. The molecule has 2 rings (SSSR count). The fourth-order valence-corrected chi connectivity index (χ4v) is 1.48. The van der Waals surface area contributed by atoms with E-state index in [-0.39, 0.29) is 5.91 Å². The number of hydrogen-bond acceptors (Lipinski definition) is 3. The SMILES string of the molecule is CCC(C)=NNC(=O)c1cc(-c2ccccc2)n[nH]1. The fourth-order valence-electron chi connectivity index (χ4n) is 1.48. The Morgan fingerprint density at radius 3 is 2.79 bits per heavy atom. The summed E-state index contributed by atoms with van der Waals surface area (Å²) in [6, 6.07) is 11.4. The molecule has 0 fully saturated rings. The van der Waals surface area contributed by atoms with Crippen LogP contribution < -0.4 is 5.43 Å². The van der Waals surface area contributed by atoms with Gasteiger partial charge in [-0.2, -0.15) is 10.2 Å². The maximum atomic E-state index is 11.8. The van der Waals surface area contributed by atoms with E-state index in [0.29, 0.717) is 5.69 Å². The van der Waals surface area contributed by atoms with Gasteiger partial charge in [-0.15, -0.1) is 0 Å². The summed E-state index contributed by atoms with van der Waals surface area (Å²) >= 11 is 0. The van der Waals surface area contributed by atoms with Gasteiger partial charge in [-0.05, 0) is 19.4 Å². The number of amides is 1. The Bertz CT molecular complexity index is 587. The zero-order valence-corrected chi connectivity index (χ0v) is 11.0. The summed E-state index contributed by atoms with van der Waals surface area (Å²) in [5.74, 6) is -0.289. The van der Waals surface area contributed by atoms with E-state index in [2.05, 4.69) is 20.7 Å². The number of aromatic nitrogens is 2. The van der Waals surface area contributed by atoms with Crippen LogP contribution in [-0.4, -0.2) is 21.8 Å². The topological polar surface area (TPSA) is 70.1 Å². The van der Waals surface area contributed by atoms with E-state index in [1.807, 2.05) is 44.2 Å². The molecule has 1 amide bonds. The van der Waals surface area contributed by atoms with Crippen molar-refractivity contribution < 1.29 is 4.79 Å². The van der Waals surface area contributed by atoms with Crippen molar-refractivity contribution in [3.05, 3.63) is 42.1 Å². The van der Waals surface area contributed by atoms with Crippen molar-refractivity contribution in [2.75, 3.05) is 0 Å². The summed E-state index contributed by atoms with van der Waals surface area (Å²) in [6.07, 6.45) is 0.804. The molecule has 0 radical (unpaired) electrons. The number of hydrogen-bond donors (Lipinski definition) is 2. The average molecular weight is 256 g/mol. The van der Waals surface area contributed by atoms with E-state index in [9.17, 15) is 4.79 Å². The molecule has 2 aromatic rings. The van der Waals surface area contributed by atoms with E-state index in [4.69, 9.17) is 0 Å². The van der Waals surface area contributed by atoms with Gasteiger partial charge in [0.25, 0.3) is 5.91 Å². The number of nitrogens with zero attached hydrogens (tertiary/aromatic N) is 2. The van der Waals surface area contributed by atoms with Crippen molar-refractivity contribution in [1.29, 1.82) is 0 Å². The minimum Gasteiger partial charge on any atom is -0.272 e. The highest BCUT2D eigenvalue weighted by molar-refractivity contribution is 5.94. The lowest BCUT2D eigenvalue weighted by Gasteiger charge is -1.97. The Balaban J connectivity index is 2.11. The number of H-pyrrole nitrogens is 1. The van der Waals surface area contributed by atoms with Crippen molar-refractivity contribution in [2.24, 2.45) is 5.10 Å². The van der Waals surface area contributed by atoms with Gasteiger partial charge in [-0.25, -0.2) is 5.43 Å². The van der Waals surface area contributed by atoms with Gasteiger partial charge in [0.2, 0.25) is 0 Å². The highest BCUT2D eigenvalue weighted by atomic mass is 16.2. The van der Waals surface area contributed by atoms with E-state index in [1.165, 1.54) is 0 Å². The smallest absolute Gasteiger partial charge is 0.272 e. The third-order valence-corrected chi connectivity index (χ3v) is 2.75. The summed E-state index contributed by atoms with van der Waals surface area (Å²) in [4.78, 5) is 11.8. The van der Waals surface area contributed by atoms with Gasteiger partial charge in [-0.3, -0.25) is 9.89 Å². The van der Waals surface area contributed by atoms with Crippen LogP contribution in [-0.2, 0) is 0 Å². The summed E-state index contributed by atoms with van der Waals surface area (Å²) < 4.78 is 0. The predicted octanol–water partition coefficient (Wildman–Crippen LogP) is 2.59. The molecule has 1 aromatic carbocycles. The van der Waals surface area contributed by atoms with E-state index >= 15 is 0 Å². The molecule has 1 heterocycles. The molecule has 5 heteroatoms. The third-order valence-electron chi connectivity index (χ3n) is 2.75. The monoisotopic (exact) mass is 256 g/mol. The van der Waals surface area contributed by atoms with Gasteiger partial charge < -0.3 is 0 Å². The lowest BCUT2D eigenvalue weighted by atomic mass is 10.1. The standard InChI is InChI=1S/C14H16N4O/c1-3-10(2)15-18-14(19)13-9-12(16-17-13)11-7-5-4-6-8-11/h4-9H,3H2,1-2H3,(H,16,17)(H,18,19). The third kappa shape index (κ3) is 3.28. The molecule has 0 atom stereocenters. The summed E-state index contributed by atoms with van der Waals surface area (Å²) in [5.41, 5.74) is 5.46. The van der Waals surface area contributed by atoms with Crippen LogP contribution in [0.3, 0.4) is 0 Å². The van der Waals surface area contributed by atoms with E-state index < -0.39 is 0 Å². The Kier molecular flexibility index (Phi) is 4.07. The van der Waals surface area contributed by atoms with Crippen molar-refractivity contribution in [2.45, 2.75) is 20.3 Å². The van der Waals surface area contributed by atoms with Crippen molar-refractivity contribution in [3.63, 3.8) is 0 Å². The molecular formula is C14H16N4O. The second kappa shape index (κ2) is 5.95. The number of carbonyl (C=O) groups excluding carboxylic acids is 1. The summed E-state index contributed by atoms with van der Waals surface area (Å²) in [5, 5.41) is 10.8. The zero-order valence-electron chi connectivity index (χ0n) is 11.0. The van der Waals surface area contributed by atoms with Gasteiger partial charge in [0.05, 0.1) is 5.69 Å². The number of hydrazone groups is 1. The van der Waals surface area contributed by atoms with Crippen LogP contribution >= 0.6 is 0 Å². The van der Waals surface area contributed by atoms with E-state index in [0.717, 1.165) is 23.4 Å². The molecule has 0 bridgehead atoms. The first-order chi connectivity index (χ1) is 9.20. The van der Waals surface area contributed by atoms with Gasteiger partial charge in [0.1, 0.15) is 5.69 Å². The average Bonchev–Trinajstić information content (AvgIpc) is 2.95. The van der Waals surface area contributed by atoms with Gasteiger partial charge in [0.15, 0.2) is 0 Å². The molecule has 5 nitrogen and oxygen atoms in total. The van der Waals surface area contributed by atoms with Crippen LogP contribution in [0.25, 0.3) is 11.3 Å². The van der Waals surface area contributed by atoms with Crippen LogP contribution in [0.2, 0.25) is 0 Å². The summed E-state index contributed by atoms with van der Waals surface area (Å²) in [6.45, 7) is 3.84. The predicted molar refractivity (Wildman–Crippen MR) is 74.9 cm³/mol. The van der Waals surface area contributed by atoms with Gasteiger partial charge >= 0.3 is 0 Å². The van der Waals surface area contributed by atoms with E-state index in [1.54, 1.807) is 6.07 Å². The van der Waals surface area contributed by atoms with Crippen molar-refractivity contribution in [3.8, 4) is 11.3 Å². The number of aromatic amines is 1. The van der Waals surface area contributed by atoms with Crippen molar-refractivity contribution in [1.82, 2.24) is 15.6 Å². The molecule has 0 spiro atoms. The molecular weight excluding hydrogens is 240 g/mol. The molecule has 2 N–H and O–H groups in total. The number of carbonyl (C=O) groups is 1. The molecule has 0 saturated carbocycles. The second-order valence-electron chi connectivity index (χ2n) is 4.17. The minimum atomic E-state index is -0.289. The molecule has 98 valence electrons. The molecule has 1 aromatic heterocycles. The van der Waals surface area contributed by atoms with Gasteiger partial charge in [-0.1, -0.05) is 37.3 Å². The van der Waals surface area contributed by atoms with Crippen LogP contribution in [0.5, 0.6) is 0 Å². The highest BCUT2D eigenvalue weighted by Gasteiger charge is 2.10. The molecule has 0 aliphatic rings. The highest BCUT2D eigenvalue weighted by Crippen LogP contribution is 2.16. The normalized spacial score (nSPS) is 11.4. The maximum absolute atomic E-state index is 11.8. The van der Waals surface area contributed by atoms with Gasteiger partial charge in [0, 0.05) is 11.3 Å². The molecule has 0 saturated heterocycles. The Morgan fingerprint density at radius 2 is 2.11 bits per heavy atom.